The van der Waals surface area contributed by atoms with E-state index in [1.54, 1.807) is 0 Å². The summed E-state index contributed by atoms with van der Waals surface area (Å²) in [4.78, 5) is 7.24. The van der Waals surface area contributed by atoms with Crippen LogP contribution in [-0.2, 0) is 6.42 Å². The lowest BCUT2D eigenvalue weighted by Crippen LogP contribution is -1.90. The van der Waals surface area contributed by atoms with Gasteiger partial charge in [0.05, 0.1) is 24.8 Å². The van der Waals surface area contributed by atoms with Crippen molar-refractivity contribution < 1.29 is 4.74 Å². The maximum Gasteiger partial charge on any atom is 0.151 e. The van der Waals surface area contributed by atoms with E-state index in [0.717, 1.165) is 11.3 Å². The molecule has 18 heavy (non-hydrogen) atoms. The number of aromatic amines is 1. The molecule has 4 nitrogen and oxygen atoms in total. The minimum absolute atomic E-state index is 0.225. The lowest BCUT2D eigenvalue weighted by molar-refractivity contribution is 0.340. The van der Waals surface area contributed by atoms with Gasteiger partial charge < -0.3 is 9.72 Å². The maximum atomic E-state index is 8.65. The molecule has 1 N–H and O–H groups in total. The van der Waals surface area contributed by atoms with Crippen molar-refractivity contribution in [2.45, 2.75) is 13.3 Å². The number of hydrogen-bond donors (Lipinski definition) is 1. The van der Waals surface area contributed by atoms with Crippen LogP contribution in [0.5, 0.6) is 5.75 Å². The molecule has 0 fully saturated rings. The normalized spacial score (nSPS) is 10.1. The molecule has 1 heterocycles. The Morgan fingerprint density at radius 1 is 1.39 bits per heavy atom. The van der Waals surface area contributed by atoms with Gasteiger partial charge in [-0.2, -0.15) is 5.26 Å². The number of H-pyrrole nitrogens is 1. The number of benzene rings is 1. The molecule has 0 amide bonds. The molecule has 0 spiro atoms. The predicted molar refractivity (Wildman–Crippen MR) is 69.5 cm³/mol. The first kappa shape index (κ1) is 12.5. The largest absolute Gasteiger partial charge is 0.494 e. The van der Waals surface area contributed by atoms with Gasteiger partial charge in [0.1, 0.15) is 11.6 Å². The molecule has 1 aromatic carbocycles. The fraction of sp³-hybridized carbons (Fsp3) is 0.231. The van der Waals surface area contributed by atoms with Gasteiger partial charge in [-0.25, -0.2) is 4.98 Å². The number of rotatable bonds is 4. The van der Waals surface area contributed by atoms with Crippen molar-refractivity contribution >= 4 is 11.6 Å². The topological polar surface area (TPSA) is 61.7 Å². The summed E-state index contributed by atoms with van der Waals surface area (Å²) in [7, 11) is 0. The minimum atomic E-state index is 0.225. The van der Waals surface area contributed by atoms with Crippen molar-refractivity contribution in [2.24, 2.45) is 0 Å². The van der Waals surface area contributed by atoms with Crippen molar-refractivity contribution in [2.75, 3.05) is 6.61 Å². The summed E-state index contributed by atoms with van der Waals surface area (Å²) in [5.74, 6) is 1.48. The van der Waals surface area contributed by atoms with Gasteiger partial charge in [-0.15, -0.1) is 0 Å². The highest BCUT2D eigenvalue weighted by Gasteiger charge is 2.09. The Morgan fingerprint density at radius 3 is 2.72 bits per heavy atom. The monoisotopic (exact) mass is 261 g/mol. The number of nitriles is 1. The first-order valence-corrected chi connectivity index (χ1v) is 5.97. The first-order valence-electron chi connectivity index (χ1n) is 5.59. The van der Waals surface area contributed by atoms with Crippen LogP contribution in [0.1, 0.15) is 12.6 Å². The lowest BCUT2D eigenvalue weighted by atomic mass is 10.2. The first-order chi connectivity index (χ1) is 8.74. The summed E-state index contributed by atoms with van der Waals surface area (Å²) >= 11 is 5.94. The molecule has 0 aliphatic carbocycles. The molecule has 5 heteroatoms. The lowest BCUT2D eigenvalue weighted by Gasteiger charge is -2.03. The van der Waals surface area contributed by atoms with E-state index < -0.39 is 0 Å². The second kappa shape index (κ2) is 5.56. The van der Waals surface area contributed by atoms with E-state index in [1.807, 2.05) is 37.3 Å². The molecule has 0 unspecified atom stereocenters. The van der Waals surface area contributed by atoms with Crippen LogP contribution in [0.2, 0.25) is 5.15 Å². The number of aromatic nitrogens is 2. The van der Waals surface area contributed by atoms with E-state index in [2.05, 4.69) is 9.97 Å². The van der Waals surface area contributed by atoms with Gasteiger partial charge in [0.25, 0.3) is 0 Å². The highest BCUT2D eigenvalue weighted by Crippen LogP contribution is 2.23. The zero-order valence-electron chi connectivity index (χ0n) is 9.90. The van der Waals surface area contributed by atoms with Gasteiger partial charge >= 0.3 is 0 Å². The Balaban J connectivity index is 2.26. The van der Waals surface area contributed by atoms with Crippen LogP contribution >= 0.6 is 11.6 Å². The molecular formula is C13H12ClN3O. The molecule has 1 aromatic heterocycles. The van der Waals surface area contributed by atoms with Crippen LogP contribution in [0.15, 0.2) is 24.3 Å². The number of nitrogens with zero attached hydrogens (tertiary/aromatic N) is 2. The van der Waals surface area contributed by atoms with Gasteiger partial charge in [0, 0.05) is 5.56 Å². The summed E-state index contributed by atoms with van der Waals surface area (Å²) in [6, 6.07) is 9.59. The van der Waals surface area contributed by atoms with Crippen molar-refractivity contribution in [3.63, 3.8) is 0 Å². The fourth-order valence-electron chi connectivity index (χ4n) is 1.60. The van der Waals surface area contributed by atoms with Gasteiger partial charge in [-0.1, -0.05) is 11.6 Å². The van der Waals surface area contributed by atoms with E-state index in [0.29, 0.717) is 23.3 Å². The van der Waals surface area contributed by atoms with Gasteiger partial charge in [0.2, 0.25) is 0 Å². The third kappa shape index (κ3) is 2.63. The molecule has 0 saturated heterocycles. The van der Waals surface area contributed by atoms with Crippen LogP contribution in [-0.4, -0.2) is 16.6 Å². The van der Waals surface area contributed by atoms with Crippen LogP contribution in [0.3, 0.4) is 0 Å². The van der Waals surface area contributed by atoms with Crippen molar-refractivity contribution in [1.82, 2.24) is 9.97 Å². The quantitative estimate of drug-likeness (QED) is 0.919. The standard InChI is InChI=1S/C13H12ClN3O/c1-2-18-10-5-3-9(4-6-10)13-16-11(7-8-15)12(14)17-13/h3-6H,2,7H2,1H3,(H,16,17). The van der Waals surface area contributed by atoms with E-state index >= 15 is 0 Å². The zero-order valence-corrected chi connectivity index (χ0v) is 10.7. The summed E-state index contributed by atoms with van der Waals surface area (Å²) < 4.78 is 5.36. The molecule has 0 aliphatic heterocycles. The average Bonchev–Trinajstić information content (AvgIpc) is 2.73. The highest BCUT2D eigenvalue weighted by atomic mass is 35.5. The molecular weight excluding hydrogens is 250 g/mol. The molecule has 0 atom stereocenters. The smallest absolute Gasteiger partial charge is 0.151 e. The van der Waals surface area contributed by atoms with Crippen LogP contribution in [0.4, 0.5) is 0 Å². The Morgan fingerprint density at radius 2 is 2.11 bits per heavy atom. The summed E-state index contributed by atoms with van der Waals surface area (Å²) in [6.45, 7) is 2.58. The van der Waals surface area contributed by atoms with Crippen molar-refractivity contribution in [3.05, 3.63) is 35.1 Å². The van der Waals surface area contributed by atoms with Crippen LogP contribution in [0, 0.1) is 11.3 Å². The van der Waals surface area contributed by atoms with E-state index in [-0.39, 0.29) is 6.42 Å². The van der Waals surface area contributed by atoms with E-state index in [9.17, 15) is 0 Å². The van der Waals surface area contributed by atoms with Crippen molar-refractivity contribution in [1.29, 1.82) is 5.26 Å². The third-order valence-corrected chi connectivity index (χ3v) is 2.74. The molecule has 0 bridgehead atoms. The Labute approximate surface area is 110 Å². The molecule has 2 aromatic rings. The summed E-state index contributed by atoms with van der Waals surface area (Å²) in [6.07, 6.45) is 0.225. The number of halogens is 1. The van der Waals surface area contributed by atoms with Gasteiger partial charge in [0.15, 0.2) is 5.15 Å². The molecule has 2 rings (SSSR count). The molecule has 0 saturated carbocycles. The number of imidazole rings is 1. The van der Waals surface area contributed by atoms with Crippen molar-refractivity contribution in [3.8, 4) is 23.2 Å². The Hall–Kier alpha value is -1.99. The molecule has 92 valence electrons. The van der Waals surface area contributed by atoms with Crippen LogP contribution < -0.4 is 4.74 Å². The fourth-order valence-corrected chi connectivity index (χ4v) is 1.80. The molecule has 0 radical (unpaired) electrons. The summed E-state index contributed by atoms with van der Waals surface area (Å²) in [5.41, 5.74) is 1.55. The van der Waals surface area contributed by atoms with E-state index in [1.165, 1.54) is 0 Å². The minimum Gasteiger partial charge on any atom is -0.494 e. The van der Waals surface area contributed by atoms with Gasteiger partial charge in [-0.05, 0) is 31.2 Å². The second-order valence-electron chi connectivity index (χ2n) is 3.65. The predicted octanol–water partition coefficient (Wildman–Crippen LogP) is 3.19. The molecule has 0 aliphatic rings. The number of hydrogen-bond acceptors (Lipinski definition) is 3. The number of nitrogens with one attached hydrogen (secondary N) is 1. The number of ether oxygens (including phenoxy) is 1. The second-order valence-corrected chi connectivity index (χ2v) is 4.01. The maximum absolute atomic E-state index is 8.65. The average molecular weight is 262 g/mol. The van der Waals surface area contributed by atoms with E-state index in [4.69, 9.17) is 21.6 Å². The third-order valence-electron chi connectivity index (χ3n) is 2.42. The van der Waals surface area contributed by atoms with Crippen LogP contribution in [0.25, 0.3) is 11.4 Å². The summed E-state index contributed by atoms with van der Waals surface area (Å²) in [5, 5.41) is 8.99. The Bertz CT molecular complexity index is 569. The SMILES string of the molecule is CCOc1ccc(-c2nc(Cl)c(CC#N)[nH]2)cc1. The highest BCUT2D eigenvalue weighted by molar-refractivity contribution is 6.30. The van der Waals surface area contributed by atoms with Gasteiger partial charge in [-0.3, -0.25) is 0 Å². The Kier molecular flexibility index (Phi) is 3.85. The zero-order chi connectivity index (χ0) is 13.0.